The molecule has 1 unspecified atom stereocenters. The van der Waals surface area contributed by atoms with Crippen LogP contribution in [0.25, 0.3) is 32.8 Å². The summed E-state index contributed by atoms with van der Waals surface area (Å²) < 4.78 is 69.6. The van der Waals surface area contributed by atoms with Gasteiger partial charge < -0.3 is 20.1 Å². The quantitative estimate of drug-likeness (QED) is 0.212. The Morgan fingerprint density at radius 2 is 1.98 bits per heavy atom. The van der Waals surface area contributed by atoms with E-state index in [1.807, 2.05) is 4.90 Å². The van der Waals surface area contributed by atoms with Crippen molar-refractivity contribution >= 4 is 27.5 Å². The molecule has 4 aliphatic heterocycles. The number of halogens is 4. The smallest absolute Gasteiger partial charge is 0.319 e. The van der Waals surface area contributed by atoms with Gasteiger partial charge in [0.2, 0.25) is 0 Å². The van der Waals surface area contributed by atoms with Crippen LogP contribution in [0.1, 0.15) is 44.6 Å². The van der Waals surface area contributed by atoms with E-state index in [2.05, 4.69) is 28.0 Å². The van der Waals surface area contributed by atoms with Gasteiger partial charge in [-0.25, -0.2) is 17.6 Å². The number of fused-ring (bicyclic) bond motifs is 5. The number of piperazine rings is 1. The van der Waals surface area contributed by atoms with E-state index in [0.717, 1.165) is 38.3 Å². The van der Waals surface area contributed by atoms with Crippen molar-refractivity contribution in [2.45, 2.75) is 62.3 Å². The first-order valence-electron chi connectivity index (χ1n) is 15.7. The van der Waals surface area contributed by atoms with Crippen molar-refractivity contribution in [1.29, 1.82) is 0 Å². The Bertz CT molecular complexity index is 1970. The van der Waals surface area contributed by atoms with Gasteiger partial charge in [-0.1, -0.05) is 18.1 Å². The topological polar surface area (TPSA) is 73.8 Å². The standard InChI is InChI=1S/C35H33F4N5O2/c1-3-19-6-4-7-20-12-25(45)29(38)28(26(19)20)27-24(37)13-23-31(30(27)39)40-33(46-18-35-9-5-11-44(35)15-21(36)14-35)41-32(23)43-16-22-8-10-34(2,17-43)42-22/h1,4,6-7,12-13,21-22,42,45H,5,8-11,14-18H2,2H3/t21-,22?,34+,35+/m1/s1. The van der Waals surface area contributed by atoms with Crippen molar-refractivity contribution in [2.75, 3.05) is 37.7 Å². The molecule has 4 aliphatic rings. The highest BCUT2D eigenvalue weighted by Crippen LogP contribution is 2.45. The molecule has 5 heterocycles. The number of terminal acetylenes is 1. The number of aromatic nitrogens is 2. The Balaban J connectivity index is 1.32. The van der Waals surface area contributed by atoms with Crippen LogP contribution in [0.15, 0.2) is 30.3 Å². The number of hydrogen-bond donors (Lipinski definition) is 2. The molecule has 2 N–H and O–H groups in total. The van der Waals surface area contributed by atoms with Crippen LogP contribution in [-0.4, -0.2) is 76.1 Å². The van der Waals surface area contributed by atoms with Gasteiger partial charge in [0.15, 0.2) is 17.4 Å². The lowest BCUT2D eigenvalue weighted by Gasteiger charge is -2.40. The zero-order valence-corrected chi connectivity index (χ0v) is 25.3. The number of nitrogens with zero attached hydrogens (tertiary/aromatic N) is 4. The molecular formula is C35H33F4N5O2. The van der Waals surface area contributed by atoms with Crippen molar-refractivity contribution in [1.82, 2.24) is 20.2 Å². The van der Waals surface area contributed by atoms with Crippen LogP contribution < -0.4 is 15.0 Å². The number of aromatic hydroxyl groups is 1. The van der Waals surface area contributed by atoms with E-state index in [4.69, 9.17) is 16.1 Å². The molecule has 4 atom stereocenters. The van der Waals surface area contributed by atoms with Crippen molar-refractivity contribution in [3.63, 3.8) is 0 Å². The number of alkyl halides is 1. The molecule has 0 saturated carbocycles. The van der Waals surface area contributed by atoms with Gasteiger partial charge in [0.05, 0.1) is 11.1 Å². The molecule has 4 fully saturated rings. The monoisotopic (exact) mass is 631 g/mol. The number of hydrogen-bond acceptors (Lipinski definition) is 7. The third-order valence-electron chi connectivity index (χ3n) is 10.4. The summed E-state index contributed by atoms with van der Waals surface area (Å²) in [5.74, 6) is -1.37. The lowest BCUT2D eigenvalue weighted by atomic mass is 9.92. The van der Waals surface area contributed by atoms with Crippen molar-refractivity contribution in [3.8, 4) is 35.2 Å². The van der Waals surface area contributed by atoms with Crippen LogP contribution in [-0.2, 0) is 0 Å². The lowest BCUT2D eigenvalue weighted by molar-refractivity contribution is 0.107. The van der Waals surface area contributed by atoms with E-state index in [-0.39, 0.29) is 46.1 Å². The average Bonchev–Trinajstić information content (AvgIpc) is 3.65. The normalized spacial score (nSPS) is 27.4. The van der Waals surface area contributed by atoms with Gasteiger partial charge in [0, 0.05) is 59.5 Å². The van der Waals surface area contributed by atoms with Gasteiger partial charge in [0.25, 0.3) is 0 Å². The third-order valence-corrected chi connectivity index (χ3v) is 10.4. The number of nitrogens with one attached hydrogen (secondary N) is 1. The Morgan fingerprint density at radius 3 is 2.78 bits per heavy atom. The fraction of sp³-hybridized carbons (Fsp3) is 0.429. The maximum Gasteiger partial charge on any atom is 0.319 e. The van der Waals surface area contributed by atoms with Crippen molar-refractivity contribution in [3.05, 3.63) is 53.3 Å². The molecule has 8 rings (SSSR count). The highest BCUT2D eigenvalue weighted by Gasteiger charge is 2.49. The molecule has 2 bridgehead atoms. The molecule has 0 radical (unpaired) electrons. The van der Waals surface area contributed by atoms with E-state index in [9.17, 15) is 9.50 Å². The third kappa shape index (κ3) is 4.48. The van der Waals surface area contributed by atoms with Gasteiger partial charge in [-0.2, -0.15) is 9.97 Å². The van der Waals surface area contributed by atoms with Crippen LogP contribution >= 0.6 is 0 Å². The van der Waals surface area contributed by atoms with Gasteiger partial charge in [-0.05, 0) is 62.7 Å². The number of phenols is 1. The summed E-state index contributed by atoms with van der Waals surface area (Å²) in [6.45, 7) is 4.44. The number of phenolic OH excluding ortho intramolecular Hbond substituents is 1. The molecule has 46 heavy (non-hydrogen) atoms. The fourth-order valence-corrected chi connectivity index (χ4v) is 8.42. The van der Waals surface area contributed by atoms with Gasteiger partial charge >= 0.3 is 6.01 Å². The number of rotatable bonds is 5. The SMILES string of the molecule is C#Cc1cccc2cc(O)c(F)c(-c3c(F)cc4c(N5CC6CC[C@@](C)(C5)N6)nc(OC[C@@]56CCCN5C[C@H](F)C6)nc4c3F)c12. The van der Waals surface area contributed by atoms with E-state index in [1.54, 1.807) is 18.2 Å². The molecular weight excluding hydrogens is 598 g/mol. The number of anilines is 1. The second kappa shape index (κ2) is 10.4. The molecule has 4 saturated heterocycles. The summed E-state index contributed by atoms with van der Waals surface area (Å²) in [7, 11) is 0. The summed E-state index contributed by atoms with van der Waals surface area (Å²) in [4.78, 5) is 13.3. The second-order valence-electron chi connectivity index (χ2n) is 13.6. The minimum atomic E-state index is -1.20. The van der Waals surface area contributed by atoms with Crippen LogP contribution in [0.4, 0.5) is 23.4 Å². The Labute approximate surface area is 263 Å². The van der Waals surface area contributed by atoms with E-state index < -0.39 is 46.0 Å². The van der Waals surface area contributed by atoms with Gasteiger partial charge in [-0.3, -0.25) is 4.90 Å². The van der Waals surface area contributed by atoms with E-state index in [1.165, 1.54) is 6.07 Å². The first-order valence-corrected chi connectivity index (χ1v) is 15.7. The molecule has 0 spiro atoms. The summed E-state index contributed by atoms with van der Waals surface area (Å²) in [6.07, 6.45) is 8.65. The Kier molecular flexibility index (Phi) is 6.64. The predicted octanol–water partition coefficient (Wildman–Crippen LogP) is 5.84. The number of benzene rings is 3. The van der Waals surface area contributed by atoms with Crippen LogP contribution in [0.5, 0.6) is 11.8 Å². The highest BCUT2D eigenvalue weighted by molar-refractivity contribution is 6.04. The average molecular weight is 632 g/mol. The summed E-state index contributed by atoms with van der Waals surface area (Å²) in [5, 5.41) is 14.6. The van der Waals surface area contributed by atoms with E-state index >= 15 is 13.2 Å². The molecule has 3 aromatic carbocycles. The van der Waals surface area contributed by atoms with E-state index in [0.29, 0.717) is 37.3 Å². The van der Waals surface area contributed by atoms with Gasteiger partial charge in [0.1, 0.15) is 29.9 Å². The van der Waals surface area contributed by atoms with Crippen molar-refractivity contribution in [2.24, 2.45) is 0 Å². The predicted molar refractivity (Wildman–Crippen MR) is 167 cm³/mol. The summed E-state index contributed by atoms with van der Waals surface area (Å²) >= 11 is 0. The molecule has 11 heteroatoms. The molecule has 7 nitrogen and oxygen atoms in total. The van der Waals surface area contributed by atoms with Crippen molar-refractivity contribution < 1.29 is 27.4 Å². The Hall–Kier alpha value is -4.14. The van der Waals surface area contributed by atoms with Gasteiger partial charge in [-0.15, -0.1) is 6.42 Å². The maximum atomic E-state index is 16.9. The fourth-order valence-electron chi connectivity index (χ4n) is 8.42. The molecule has 1 aromatic heterocycles. The number of ether oxygens (including phenoxy) is 1. The molecule has 0 aliphatic carbocycles. The molecule has 4 aromatic rings. The zero-order valence-electron chi connectivity index (χ0n) is 25.3. The Morgan fingerprint density at radius 1 is 1.13 bits per heavy atom. The second-order valence-corrected chi connectivity index (χ2v) is 13.6. The lowest BCUT2D eigenvalue weighted by Crippen LogP contribution is -2.58. The molecule has 238 valence electrons. The minimum Gasteiger partial charge on any atom is -0.505 e. The summed E-state index contributed by atoms with van der Waals surface area (Å²) in [6, 6.07) is 7.09. The molecule has 0 amide bonds. The maximum absolute atomic E-state index is 16.9. The summed E-state index contributed by atoms with van der Waals surface area (Å²) in [5.41, 5.74) is -1.94. The first kappa shape index (κ1) is 29.3. The minimum absolute atomic E-state index is 0.0947. The van der Waals surface area contributed by atoms with Crippen LogP contribution in [0.2, 0.25) is 0 Å². The largest absolute Gasteiger partial charge is 0.505 e. The highest BCUT2D eigenvalue weighted by atomic mass is 19.1. The first-order chi connectivity index (χ1) is 22.1. The van der Waals surface area contributed by atoms with Crippen LogP contribution in [0, 0.1) is 29.8 Å². The zero-order chi connectivity index (χ0) is 32.0. The van der Waals surface area contributed by atoms with Crippen LogP contribution in [0.3, 0.4) is 0 Å².